The minimum Gasteiger partial charge on any atom is -0.457 e. The number of carbonyl (C=O) groups is 6. The van der Waals surface area contributed by atoms with Gasteiger partial charge in [0.1, 0.15) is 36.9 Å². The van der Waals surface area contributed by atoms with Gasteiger partial charge in [0.2, 0.25) is 0 Å². The monoisotopic (exact) mass is 938 g/mol. The van der Waals surface area contributed by atoms with Gasteiger partial charge in [-0.05, 0) is 60.8 Å². The second-order valence-electron chi connectivity index (χ2n) is 19.1. The van der Waals surface area contributed by atoms with Crippen LogP contribution in [0.1, 0.15) is 101 Å². The van der Waals surface area contributed by atoms with E-state index in [4.69, 9.17) is 32.8 Å². The van der Waals surface area contributed by atoms with Crippen LogP contribution in [0.15, 0.2) is 102 Å². The molecule has 1 aliphatic heterocycles. The first-order chi connectivity index (χ1) is 31.8. The van der Waals surface area contributed by atoms with Gasteiger partial charge in [0.05, 0.1) is 29.6 Å². The molecule has 1 N–H and O–H groups in total. The van der Waals surface area contributed by atoms with Gasteiger partial charge in [-0.15, -0.1) is 0 Å². The van der Waals surface area contributed by atoms with E-state index in [2.05, 4.69) is 0 Å². The molecule has 67 heavy (non-hydrogen) atoms. The highest BCUT2D eigenvalue weighted by atomic mass is 28.4. The standard InChI is InChI=1S/C52H62O14Si/c1-9-67(10-2,11-3)66-39-28-40-51(31-61-40,65-33(5)53)44-46(64-47(57)36-25-19-14-20-26-36)52(59)29-38(62-41(55)27-37(54)35-23-17-13-18-24-35)32(4)42(49(52,6)7)43(45(56)50(39,44)8)63-48(58)60-30-34-21-15-12-16-22-34/h12-26,38-40,43-44,46,59H,9-11,27-31H2,1-8H3/t38-,39-,40+,43+,44?,46-,50+,51-,52+/m0/s1. The fourth-order valence-electron chi connectivity index (χ4n) is 11.2. The number of benzene rings is 3. The van der Waals surface area contributed by atoms with E-state index in [0.717, 1.165) is 0 Å². The van der Waals surface area contributed by atoms with E-state index < -0.39 is 115 Å². The molecule has 1 unspecified atom stereocenters. The number of ketones is 2. The third-order valence-electron chi connectivity index (χ3n) is 15.3. The maximum Gasteiger partial charge on any atom is 0.509 e. The highest BCUT2D eigenvalue weighted by Crippen LogP contribution is 2.65. The number of esters is 3. The molecule has 3 fully saturated rings. The van der Waals surface area contributed by atoms with Gasteiger partial charge < -0.3 is 38.0 Å². The fourth-order valence-corrected chi connectivity index (χ4v) is 14.2. The summed E-state index contributed by atoms with van der Waals surface area (Å²) in [4.78, 5) is 85.9. The zero-order chi connectivity index (χ0) is 48.5. The minimum atomic E-state index is -2.65. The number of hydrogen-bond donors (Lipinski definition) is 1. The lowest BCUT2D eigenvalue weighted by Gasteiger charge is -2.68. The Kier molecular flexibility index (Phi) is 14.2. The van der Waals surface area contributed by atoms with Crippen molar-refractivity contribution in [2.75, 3.05) is 6.61 Å². The van der Waals surface area contributed by atoms with E-state index >= 15 is 4.79 Å². The quantitative estimate of drug-likeness (QED) is 0.0383. The lowest BCUT2D eigenvalue weighted by atomic mass is 9.44. The summed E-state index contributed by atoms with van der Waals surface area (Å²) in [6.45, 7) is 13.5. The topological polar surface area (TPSA) is 187 Å². The first-order valence-electron chi connectivity index (χ1n) is 23.2. The van der Waals surface area contributed by atoms with Crippen LogP contribution in [-0.2, 0) is 53.8 Å². The number of fused-ring (bicyclic) bond motifs is 5. The van der Waals surface area contributed by atoms with Crippen molar-refractivity contribution >= 4 is 43.9 Å². The SMILES string of the molecule is CC[Si](CC)(CC)O[C@H]1C[C@H]2OC[C@@]2(OC(C)=O)C2[C@H](OC(=O)c3ccccc3)[C@]3(O)C[C@H](OC(=O)CC(=O)c4ccccc4)C(C)=C([C@@H](OC(=O)OCc4ccccc4)C(=O)[C@@]21C)C3(C)C. The predicted molar refractivity (Wildman–Crippen MR) is 246 cm³/mol. The number of ether oxygens (including phenoxy) is 6. The zero-order valence-corrected chi connectivity index (χ0v) is 40.5. The van der Waals surface area contributed by atoms with E-state index in [0.29, 0.717) is 23.7 Å². The van der Waals surface area contributed by atoms with Crippen LogP contribution in [-0.4, -0.2) is 97.4 Å². The molecule has 14 nitrogen and oxygen atoms in total. The smallest absolute Gasteiger partial charge is 0.457 e. The summed E-state index contributed by atoms with van der Waals surface area (Å²) < 4.78 is 44.7. The van der Waals surface area contributed by atoms with Gasteiger partial charge in [0.25, 0.3) is 0 Å². The third-order valence-corrected chi connectivity index (χ3v) is 19.9. The molecule has 15 heteroatoms. The fraction of sp³-hybridized carbons (Fsp3) is 0.500. The zero-order valence-electron chi connectivity index (χ0n) is 39.5. The molecule has 1 heterocycles. The molecular weight excluding hydrogens is 877 g/mol. The van der Waals surface area contributed by atoms with Crippen LogP contribution in [0.25, 0.3) is 0 Å². The maximum atomic E-state index is 16.5. The molecule has 358 valence electrons. The largest absolute Gasteiger partial charge is 0.509 e. The summed E-state index contributed by atoms with van der Waals surface area (Å²) in [6.07, 6.45) is -9.01. The lowest BCUT2D eigenvalue weighted by molar-refractivity contribution is -0.344. The van der Waals surface area contributed by atoms with Crippen molar-refractivity contribution in [3.8, 4) is 0 Å². The molecule has 3 aromatic carbocycles. The van der Waals surface area contributed by atoms with Gasteiger partial charge >= 0.3 is 24.1 Å². The Morgan fingerprint density at radius 3 is 1.94 bits per heavy atom. The first kappa shape index (κ1) is 49.4. The molecule has 2 saturated carbocycles. The van der Waals surface area contributed by atoms with Gasteiger partial charge in [-0.25, -0.2) is 9.59 Å². The molecule has 3 aromatic rings. The number of hydrogen-bond acceptors (Lipinski definition) is 14. The summed E-state index contributed by atoms with van der Waals surface area (Å²) in [5.41, 5.74) is -6.10. The second-order valence-corrected chi connectivity index (χ2v) is 23.8. The molecule has 0 aromatic heterocycles. The van der Waals surface area contributed by atoms with Crippen LogP contribution in [0.5, 0.6) is 0 Å². The van der Waals surface area contributed by atoms with Crippen LogP contribution in [0, 0.1) is 16.7 Å². The van der Waals surface area contributed by atoms with Gasteiger partial charge in [0, 0.05) is 30.7 Å². The minimum absolute atomic E-state index is 0.0703. The molecule has 3 aliphatic carbocycles. The Morgan fingerprint density at radius 1 is 0.806 bits per heavy atom. The van der Waals surface area contributed by atoms with E-state index in [1.807, 2.05) is 26.8 Å². The molecule has 7 rings (SSSR count). The third kappa shape index (κ3) is 8.91. The maximum absolute atomic E-state index is 16.5. The normalized spacial score (nSPS) is 29.7. The number of aliphatic hydroxyl groups is 1. The molecular formula is C52H62O14Si. The summed E-state index contributed by atoms with van der Waals surface area (Å²) in [5, 5.41) is 14.1. The summed E-state index contributed by atoms with van der Waals surface area (Å²) >= 11 is 0. The van der Waals surface area contributed by atoms with Gasteiger partial charge in [-0.1, -0.05) is 113 Å². The summed E-state index contributed by atoms with van der Waals surface area (Å²) in [6, 6.07) is 27.3. The average Bonchev–Trinajstić information content (AvgIpc) is 3.31. The lowest BCUT2D eigenvalue weighted by Crippen LogP contribution is -2.82. The second kappa shape index (κ2) is 19.3. The highest BCUT2D eigenvalue weighted by molar-refractivity contribution is 6.73. The van der Waals surface area contributed by atoms with Crippen molar-refractivity contribution < 1.29 is 66.7 Å². The highest BCUT2D eigenvalue weighted by Gasteiger charge is 2.79. The van der Waals surface area contributed by atoms with Gasteiger partial charge in [-0.2, -0.15) is 0 Å². The van der Waals surface area contributed by atoms with E-state index in [1.54, 1.807) is 113 Å². The number of carbonyl (C=O) groups excluding carboxylic acids is 6. The Labute approximate surface area is 392 Å². The van der Waals surface area contributed by atoms with E-state index in [9.17, 15) is 29.1 Å². The van der Waals surface area contributed by atoms with Crippen molar-refractivity contribution in [1.29, 1.82) is 0 Å². The van der Waals surface area contributed by atoms with Gasteiger partial charge in [-0.3, -0.25) is 19.2 Å². The Morgan fingerprint density at radius 2 is 1.39 bits per heavy atom. The molecule has 0 radical (unpaired) electrons. The predicted octanol–water partition coefficient (Wildman–Crippen LogP) is 8.30. The van der Waals surface area contributed by atoms with Crippen LogP contribution in [0.4, 0.5) is 4.79 Å². The van der Waals surface area contributed by atoms with Crippen LogP contribution >= 0.6 is 0 Å². The molecule has 0 amide bonds. The first-order valence-corrected chi connectivity index (χ1v) is 25.7. The molecule has 0 spiro atoms. The molecule has 4 aliphatic rings. The van der Waals surface area contributed by atoms with Crippen LogP contribution < -0.4 is 0 Å². The van der Waals surface area contributed by atoms with Crippen LogP contribution in [0.2, 0.25) is 18.1 Å². The van der Waals surface area contributed by atoms with Crippen molar-refractivity contribution in [3.63, 3.8) is 0 Å². The number of rotatable bonds is 15. The van der Waals surface area contributed by atoms with E-state index in [1.165, 1.54) is 6.92 Å². The van der Waals surface area contributed by atoms with Crippen molar-refractivity contribution in [2.24, 2.45) is 16.7 Å². The molecule has 1 saturated heterocycles. The summed E-state index contributed by atoms with van der Waals surface area (Å²) in [5.74, 6) is -5.13. The Bertz CT molecular complexity index is 2370. The Balaban J connectivity index is 1.47. The van der Waals surface area contributed by atoms with Crippen molar-refractivity contribution in [2.45, 2.75) is 141 Å². The summed E-state index contributed by atoms with van der Waals surface area (Å²) in [7, 11) is -2.65. The van der Waals surface area contributed by atoms with E-state index in [-0.39, 0.29) is 41.9 Å². The molecule has 9 atom stereocenters. The van der Waals surface area contributed by atoms with Crippen molar-refractivity contribution in [3.05, 3.63) is 119 Å². The number of Topliss-reactive ketones (excluding diaryl/α,β-unsaturated/α-hetero) is 2. The van der Waals surface area contributed by atoms with Gasteiger partial charge in [0.15, 0.2) is 31.6 Å². The molecule has 2 bridgehead atoms. The Hall–Kier alpha value is -5.48. The van der Waals surface area contributed by atoms with Crippen molar-refractivity contribution in [1.82, 2.24) is 0 Å². The van der Waals surface area contributed by atoms with Crippen LogP contribution in [0.3, 0.4) is 0 Å². The average molecular weight is 939 g/mol.